The van der Waals surface area contributed by atoms with E-state index in [0.29, 0.717) is 13.1 Å². The van der Waals surface area contributed by atoms with Crippen LogP contribution in [0.3, 0.4) is 0 Å². The number of nitriles is 1. The van der Waals surface area contributed by atoms with Gasteiger partial charge in [-0.1, -0.05) is 77.9 Å². The zero-order valence-electron chi connectivity index (χ0n) is 20.7. The molecule has 3 aromatic carbocycles. The molecule has 1 fully saturated rings. The van der Waals surface area contributed by atoms with Crippen molar-refractivity contribution in [1.29, 1.82) is 5.26 Å². The Kier molecular flexibility index (Phi) is 8.18. The molecule has 1 heterocycles. The van der Waals surface area contributed by atoms with E-state index in [0.717, 1.165) is 42.9 Å². The molecule has 0 radical (unpaired) electrons. The molecule has 35 heavy (non-hydrogen) atoms. The second-order valence-corrected chi connectivity index (χ2v) is 9.37. The third-order valence-electron chi connectivity index (χ3n) is 6.74. The molecule has 0 aliphatic carbocycles. The van der Waals surface area contributed by atoms with Crippen molar-refractivity contribution in [3.8, 4) is 6.07 Å². The van der Waals surface area contributed by atoms with Crippen LogP contribution >= 0.6 is 0 Å². The summed E-state index contributed by atoms with van der Waals surface area (Å²) in [5, 5.41) is 12.9. The number of aryl methyl sites for hydroxylation is 2. The third kappa shape index (κ3) is 6.29. The molecule has 0 aromatic heterocycles. The van der Waals surface area contributed by atoms with Gasteiger partial charge >= 0.3 is 0 Å². The maximum atomic E-state index is 13.3. The molecular weight excluding hydrogens is 432 g/mol. The number of hydrogen-bond acceptors (Lipinski definition) is 4. The van der Waals surface area contributed by atoms with Crippen LogP contribution in [-0.4, -0.2) is 49.6 Å². The van der Waals surface area contributed by atoms with Crippen LogP contribution < -0.4 is 10.2 Å². The third-order valence-corrected chi connectivity index (χ3v) is 6.74. The standard InChI is InChI=1S/C30H34N4O/c1-23-9-13-25(14-10-23)29(26-15-11-24(2)12-16-26)30(35)32-17-6-18-33-19-20-34(28(21-31)22-33)27-7-4-3-5-8-27/h3-5,7-16,28-29H,6,17-20,22H2,1-2H3,(H,32,35). The molecule has 3 aromatic rings. The lowest BCUT2D eigenvalue weighted by atomic mass is 9.89. The van der Waals surface area contributed by atoms with E-state index in [1.165, 1.54) is 11.1 Å². The highest BCUT2D eigenvalue weighted by Gasteiger charge is 2.27. The van der Waals surface area contributed by atoms with Gasteiger partial charge < -0.3 is 10.2 Å². The molecular formula is C30H34N4O. The summed E-state index contributed by atoms with van der Waals surface area (Å²) < 4.78 is 0. The van der Waals surface area contributed by atoms with E-state index >= 15 is 0 Å². The Hall–Kier alpha value is -3.62. The van der Waals surface area contributed by atoms with Crippen LogP contribution in [0.25, 0.3) is 0 Å². The molecule has 4 rings (SSSR count). The Bertz CT molecular complexity index is 1090. The summed E-state index contributed by atoms with van der Waals surface area (Å²) in [5.74, 6) is -0.296. The quantitative estimate of drug-likeness (QED) is 0.491. The van der Waals surface area contributed by atoms with E-state index in [9.17, 15) is 10.1 Å². The summed E-state index contributed by atoms with van der Waals surface area (Å²) >= 11 is 0. The van der Waals surface area contributed by atoms with Gasteiger partial charge in [0.25, 0.3) is 0 Å². The highest BCUT2D eigenvalue weighted by Crippen LogP contribution is 2.26. The molecule has 5 nitrogen and oxygen atoms in total. The highest BCUT2D eigenvalue weighted by atomic mass is 16.1. The van der Waals surface area contributed by atoms with Crippen LogP contribution in [0.2, 0.25) is 0 Å². The Morgan fingerprint density at radius 2 is 1.54 bits per heavy atom. The number of amides is 1. The molecule has 1 aliphatic heterocycles. The molecule has 1 unspecified atom stereocenters. The molecule has 1 aliphatic rings. The van der Waals surface area contributed by atoms with Crippen LogP contribution in [-0.2, 0) is 4.79 Å². The number of hydrogen-bond donors (Lipinski definition) is 1. The van der Waals surface area contributed by atoms with Gasteiger partial charge in [-0.15, -0.1) is 0 Å². The number of benzene rings is 3. The van der Waals surface area contributed by atoms with E-state index in [1.807, 2.05) is 42.5 Å². The lowest BCUT2D eigenvalue weighted by Gasteiger charge is -2.39. The number of anilines is 1. The van der Waals surface area contributed by atoms with Crippen LogP contribution in [0.15, 0.2) is 78.9 Å². The number of nitrogens with zero attached hydrogens (tertiary/aromatic N) is 3. The van der Waals surface area contributed by atoms with Crippen molar-refractivity contribution in [2.45, 2.75) is 32.2 Å². The van der Waals surface area contributed by atoms with Crippen LogP contribution in [0.1, 0.15) is 34.6 Å². The van der Waals surface area contributed by atoms with E-state index in [4.69, 9.17) is 0 Å². The van der Waals surface area contributed by atoms with Crippen molar-refractivity contribution < 1.29 is 4.79 Å². The van der Waals surface area contributed by atoms with Gasteiger partial charge in [0.05, 0.1) is 12.0 Å². The second-order valence-electron chi connectivity index (χ2n) is 9.37. The van der Waals surface area contributed by atoms with Crippen LogP contribution in [0.5, 0.6) is 0 Å². The SMILES string of the molecule is Cc1ccc(C(C(=O)NCCCN2CCN(c3ccccc3)C(C#N)C2)c2ccc(C)cc2)cc1. The van der Waals surface area contributed by atoms with Crippen molar-refractivity contribution in [2.75, 3.05) is 37.6 Å². The predicted octanol–water partition coefficient (Wildman–Crippen LogP) is 4.66. The minimum Gasteiger partial charge on any atom is -0.355 e. The van der Waals surface area contributed by atoms with Crippen molar-refractivity contribution in [3.63, 3.8) is 0 Å². The van der Waals surface area contributed by atoms with Gasteiger partial charge in [0.1, 0.15) is 6.04 Å². The van der Waals surface area contributed by atoms with Crippen molar-refractivity contribution in [3.05, 3.63) is 101 Å². The summed E-state index contributed by atoms with van der Waals surface area (Å²) in [6, 6.07) is 28.9. The number of carbonyl (C=O) groups excluding carboxylic acids is 1. The highest BCUT2D eigenvalue weighted by molar-refractivity contribution is 5.87. The number of rotatable bonds is 8. The van der Waals surface area contributed by atoms with Crippen molar-refractivity contribution in [1.82, 2.24) is 10.2 Å². The minimum atomic E-state index is -0.325. The average molecular weight is 467 g/mol. The fourth-order valence-electron chi connectivity index (χ4n) is 4.71. The zero-order chi connectivity index (χ0) is 24.6. The molecule has 0 saturated carbocycles. The topological polar surface area (TPSA) is 59.4 Å². The number of piperazine rings is 1. The van der Waals surface area contributed by atoms with E-state index in [-0.39, 0.29) is 17.9 Å². The first-order valence-electron chi connectivity index (χ1n) is 12.4. The first-order chi connectivity index (χ1) is 17.0. The van der Waals surface area contributed by atoms with Gasteiger partial charge in [-0.05, 0) is 43.5 Å². The Morgan fingerprint density at radius 3 is 2.11 bits per heavy atom. The Balaban J connectivity index is 1.32. The maximum Gasteiger partial charge on any atom is 0.232 e. The van der Waals surface area contributed by atoms with Gasteiger partial charge in [0.2, 0.25) is 5.91 Å². The summed E-state index contributed by atoms with van der Waals surface area (Å²) in [5.41, 5.74) is 5.47. The van der Waals surface area contributed by atoms with Gasteiger partial charge in [-0.3, -0.25) is 9.69 Å². The molecule has 0 spiro atoms. The first-order valence-corrected chi connectivity index (χ1v) is 12.4. The van der Waals surface area contributed by atoms with Gasteiger partial charge in [0, 0.05) is 38.4 Å². The lowest BCUT2D eigenvalue weighted by molar-refractivity contribution is -0.121. The summed E-state index contributed by atoms with van der Waals surface area (Å²) in [7, 11) is 0. The van der Waals surface area contributed by atoms with Crippen molar-refractivity contribution >= 4 is 11.6 Å². The average Bonchev–Trinajstić information content (AvgIpc) is 2.89. The molecule has 0 bridgehead atoms. The van der Waals surface area contributed by atoms with E-state index in [1.54, 1.807) is 0 Å². The molecule has 5 heteroatoms. The summed E-state index contributed by atoms with van der Waals surface area (Å²) in [6.45, 7) is 8.05. The van der Waals surface area contributed by atoms with E-state index in [2.05, 4.69) is 71.4 Å². The monoisotopic (exact) mass is 466 g/mol. The summed E-state index contributed by atoms with van der Waals surface area (Å²) in [6.07, 6.45) is 0.851. The van der Waals surface area contributed by atoms with Gasteiger partial charge in [-0.2, -0.15) is 5.26 Å². The van der Waals surface area contributed by atoms with Gasteiger partial charge in [0.15, 0.2) is 0 Å². The van der Waals surface area contributed by atoms with Crippen LogP contribution in [0, 0.1) is 25.2 Å². The fraction of sp³-hybridized carbons (Fsp3) is 0.333. The number of carbonyl (C=O) groups is 1. The smallest absolute Gasteiger partial charge is 0.232 e. The largest absolute Gasteiger partial charge is 0.355 e. The molecule has 1 amide bonds. The van der Waals surface area contributed by atoms with E-state index < -0.39 is 0 Å². The molecule has 1 atom stereocenters. The Labute approximate surface area is 209 Å². The number of para-hydroxylation sites is 1. The van der Waals surface area contributed by atoms with Gasteiger partial charge in [-0.25, -0.2) is 0 Å². The first kappa shape index (κ1) is 24.5. The van der Waals surface area contributed by atoms with Crippen molar-refractivity contribution in [2.24, 2.45) is 0 Å². The molecule has 1 saturated heterocycles. The van der Waals surface area contributed by atoms with Crippen LogP contribution in [0.4, 0.5) is 5.69 Å². The Morgan fingerprint density at radius 1 is 0.943 bits per heavy atom. The second kappa shape index (κ2) is 11.7. The molecule has 1 N–H and O–H groups in total. The normalized spacial score (nSPS) is 16.2. The summed E-state index contributed by atoms with van der Waals surface area (Å²) in [4.78, 5) is 17.8. The zero-order valence-corrected chi connectivity index (χ0v) is 20.7. The fourth-order valence-corrected chi connectivity index (χ4v) is 4.71. The number of nitrogens with one attached hydrogen (secondary N) is 1. The predicted molar refractivity (Wildman–Crippen MR) is 141 cm³/mol. The molecule has 180 valence electrons. The lowest BCUT2D eigenvalue weighted by Crippen LogP contribution is -2.53. The maximum absolute atomic E-state index is 13.3. The minimum absolute atomic E-state index is 0.0292.